The first-order chi connectivity index (χ1) is 8.70. The second-order valence-corrected chi connectivity index (χ2v) is 3.51. The van der Waals surface area contributed by atoms with Crippen LogP contribution >= 0.6 is 0 Å². The SMILES string of the molecule is N#Cc1cc(COc2cccnc2F)ccc1F. The molecule has 0 bridgehead atoms. The molecule has 0 spiro atoms. The predicted octanol–water partition coefficient (Wildman–Crippen LogP) is 2.81. The molecule has 18 heavy (non-hydrogen) atoms. The standard InChI is InChI=1S/C13H8F2N2O/c14-11-4-3-9(6-10(11)7-16)8-18-12-2-1-5-17-13(12)15/h1-6H,8H2. The van der Waals surface area contributed by atoms with E-state index in [1.54, 1.807) is 12.1 Å². The summed E-state index contributed by atoms with van der Waals surface area (Å²) in [6.45, 7) is 0.0393. The smallest absolute Gasteiger partial charge is 0.255 e. The number of benzene rings is 1. The second-order valence-electron chi connectivity index (χ2n) is 3.51. The van der Waals surface area contributed by atoms with Gasteiger partial charge in [0, 0.05) is 6.20 Å². The third-order valence-electron chi connectivity index (χ3n) is 2.27. The molecule has 90 valence electrons. The largest absolute Gasteiger partial charge is 0.484 e. The average molecular weight is 246 g/mol. The Kier molecular flexibility index (Phi) is 3.49. The number of aromatic nitrogens is 1. The molecule has 5 heteroatoms. The van der Waals surface area contributed by atoms with Gasteiger partial charge < -0.3 is 4.74 Å². The van der Waals surface area contributed by atoms with Crippen molar-refractivity contribution in [1.29, 1.82) is 5.26 Å². The van der Waals surface area contributed by atoms with Gasteiger partial charge in [0.1, 0.15) is 18.5 Å². The minimum Gasteiger partial charge on any atom is -0.484 e. The summed E-state index contributed by atoms with van der Waals surface area (Å²) in [4.78, 5) is 3.44. The van der Waals surface area contributed by atoms with E-state index in [2.05, 4.69) is 4.98 Å². The van der Waals surface area contributed by atoms with E-state index in [1.165, 1.54) is 30.5 Å². The third-order valence-corrected chi connectivity index (χ3v) is 2.27. The van der Waals surface area contributed by atoms with Gasteiger partial charge in [0.15, 0.2) is 5.75 Å². The number of rotatable bonds is 3. The van der Waals surface area contributed by atoms with Gasteiger partial charge in [-0.3, -0.25) is 0 Å². The van der Waals surface area contributed by atoms with E-state index in [0.29, 0.717) is 5.56 Å². The molecule has 0 unspecified atom stereocenters. The summed E-state index contributed by atoms with van der Waals surface area (Å²) in [7, 11) is 0. The lowest BCUT2D eigenvalue weighted by molar-refractivity contribution is 0.285. The Bertz CT molecular complexity index is 608. The van der Waals surface area contributed by atoms with Crippen molar-refractivity contribution < 1.29 is 13.5 Å². The minimum atomic E-state index is -0.708. The lowest BCUT2D eigenvalue weighted by Crippen LogP contribution is -1.99. The van der Waals surface area contributed by atoms with E-state index in [0.717, 1.165) is 0 Å². The van der Waals surface area contributed by atoms with Gasteiger partial charge in [-0.2, -0.15) is 9.65 Å². The summed E-state index contributed by atoms with van der Waals surface area (Å²) in [6.07, 6.45) is 1.31. The van der Waals surface area contributed by atoms with Crippen LogP contribution in [0.3, 0.4) is 0 Å². The predicted molar refractivity (Wildman–Crippen MR) is 59.6 cm³/mol. The van der Waals surface area contributed by atoms with Gasteiger partial charge >= 0.3 is 0 Å². The molecular weight excluding hydrogens is 238 g/mol. The van der Waals surface area contributed by atoms with Gasteiger partial charge in [0.25, 0.3) is 5.95 Å². The first-order valence-electron chi connectivity index (χ1n) is 5.12. The number of nitriles is 1. The molecule has 2 aromatic rings. The van der Waals surface area contributed by atoms with E-state index in [4.69, 9.17) is 10.00 Å². The Morgan fingerprint density at radius 3 is 2.83 bits per heavy atom. The third kappa shape index (κ3) is 2.61. The van der Waals surface area contributed by atoms with E-state index >= 15 is 0 Å². The van der Waals surface area contributed by atoms with Crippen molar-refractivity contribution in [3.63, 3.8) is 0 Å². The number of hydrogen-bond donors (Lipinski definition) is 0. The molecule has 2 rings (SSSR count). The van der Waals surface area contributed by atoms with Crippen molar-refractivity contribution in [2.45, 2.75) is 6.61 Å². The molecule has 0 aliphatic carbocycles. The molecule has 3 nitrogen and oxygen atoms in total. The Morgan fingerprint density at radius 1 is 1.28 bits per heavy atom. The lowest BCUT2D eigenvalue weighted by Gasteiger charge is -2.06. The molecule has 0 atom stereocenters. The summed E-state index contributed by atoms with van der Waals surface area (Å²) >= 11 is 0. The van der Waals surface area contributed by atoms with Crippen LogP contribution in [0.2, 0.25) is 0 Å². The van der Waals surface area contributed by atoms with Crippen molar-refractivity contribution in [1.82, 2.24) is 4.98 Å². The number of halogens is 2. The lowest BCUT2D eigenvalue weighted by atomic mass is 10.1. The Labute approximate surface area is 102 Å². The highest BCUT2D eigenvalue weighted by Crippen LogP contribution is 2.16. The van der Waals surface area contributed by atoms with Crippen molar-refractivity contribution in [2.24, 2.45) is 0 Å². The van der Waals surface area contributed by atoms with Crippen LogP contribution in [0.15, 0.2) is 36.5 Å². The summed E-state index contributed by atoms with van der Waals surface area (Å²) in [5.41, 5.74) is 0.513. The van der Waals surface area contributed by atoms with Crippen LogP contribution in [0.4, 0.5) is 8.78 Å². The topological polar surface area (TPSA) is 45.9 Å². The molecule has 0 fully saturated rings. The van der Waals surface area contributed by atoms with Gasteiger partial charge in [-0.25, -0.2) is 9.37 Å². The maximum atomic E-state index is 13.2. The van der Waals surface area contributed by atoms with Crippen molar-refractivity contribution in [3.05, 3.63) is 59.4 Å². The maximum absolute atomic E-state index is 13.2. The highest BCUT2D eigenvalue weighted by molar-refractivity contribution is 5.34. The molecule has 0 aliphatic heterocycles. The van der Waals surface area contributed by atoms with Crippen LogP contribution in [0.25, 0.3) is 0 Å². The first kappa shape index (κ1) is 12.0. The zero-order chi connectivity index (χ0) is 13.0. The van der Waals surface area contributed by atoms with Crippen LogP contribution in [-0.4, -0.2) is 4.98 Å². The number of ether oxygens (including phenoxy) is 1. The molecule has 0 aliphatic rings. The highest BCUT2D eigenvalue weighted by Gasteiger charge is 2.06. The first-order valence-corrected chi connectivity index (χ1v) is 5.12. The number of nitrogens with zero attached hydrogens (tertiary/aromatic N) is 2. The fourth-order valence-corrected chi connectivity index (χ4v) is 1.39. The Morgan fingerprint density at radius 2 is 2.11 bits per heavy atom. The van der Waals surface area contributed by atoms with Crippen molar-refractivity contribution >= 4 is 0 Å². The van der Waals surface area contributed by atoms with Crippen LogP contribution in [0, 0.1) is 23.1 Å². The van der Waals surface area contributed by atoms with E-state index < -0.39 is 11.8 Å². The summed E-state index contributed by atoms with van der Waals surface area (Å²) < 4.78 is 31.4. The van der Waals surface area contributed by atoms with E-state index in [9.17, 15) is 8.78 Å². The van der Waals surface area contributed by atoms with Crippen LogP contribution < -0.4 is 4.74 Å². The molecule has 1 aromatic carbocycles. The monoisotopic (exact) mass is 246 g/mol. The number of pyridine rings is 1. The van der Waals surface area contributed by atoms with E-state index in [-0.39, 0.29) is 17.9 Å². The molecule has 1 heterocycles. The van der Waals surface area contributed by atoms with Crippen molar-refractivity contribution in [3.8, 4) is 11.8 Å². The van der Waals surface area contributed by atoms with Crippen LogP contribution in [-0.2, 0) is 6.61 Å². The van der Waals surface area contributed by atoms with Gasteiger partial charge in [-0.05, 0) is 29.8 Å². The Balaban J connectivity index is 2.12. The molecule has 1 aromatic heterocycles. The second kappa shape index (κ2) is 5.23. The normalized spacial score (nSPS) is 9.83. The molecular formula is C13H8F2N2O. The summed E-state index contributed by atoms with van der Waals surface area (Å²) in [5, 5.41) is 8.67. The van der Waals surface area contributed by atoms with Crippen LogP contribution in [0.1, 0.15) is 11.1 Å². The number of hydrogen-bond acceptors (Lipinski definition) is 3. The summed E-state index contributed by atoms with van der Waals surface area (Å²) in [6, 6.07) is 8.73. The minimum absolute atomic E-state index is 0.0142. The molecule has 0 amide bonds. The quantitative estimate of drug-likeness (QED) is 0.782. The van der Waals surface area contributed by atoms with Crippen LogP contribution in [0.5, 0.6) is 5.75 Å². The Hall–Kier alpha value is -2.48. The molecule has 0 N–H and O–H groups in total. The van der Waals surface area contributed by atoms with Crippen molar-refractivity contribution in [2.75, 3.05) is 0 Å². The maximum Gasteiger partial charge on any atom is 0.255 e. The summed E-state index contributed by atoms with van der Waals surface area (Å²) in [5.74, 6) is -1.28. The molecule has 0 saturated carbocycles. The van der Waals surface area contributed by atoms with Gasteiger partial charge in [-0.1, -0.05) is 6.07 Å². The molecule has 0 saturated heterocycles. The van der Waals surface area contributed by atoms with Gasteiger partial charge in [-0.15, -0.1) is 0 Å². The van der Waals surface area contributed by atoms with Gasteiger partial charge in [0.05, 0.1) is 5.56 Å². The fraction of sp³-hybridized carbons (Fsp3) is 0.0769. The zero-order valence-electron chi connectivity index (χ0n) is 9.23. The van der Waals surface area contributed by atoms with E-state index in [1.807, 2.05) is 0 Å². The average Bonchev–Trinajstić information content (AvgIpc) is 2.39. The zero-order valence-corrected chi connectivity index (χ0v) is 9.23. The molecule has 0 radical (unpaired) electrons. The fourth-order valence-electron chi connectivity index (χ4n) is 1.39. The highest BCUT2D eigenvalue weighted by atomic mass is 19.1. The van der Waals surface area contributed by atoms with Gasteiger partial charge in [0.2, 0.25) is 0 Å².